The molecular weight excluding hydrogens is 1680 g/mol. The van der Waals surface area contributed by atoms with Gasteiger partial charge in [-0.15, -0.1) is 13.2 Å². The maximum Gasteiger partial charge on any atom is 0.573 e. The number of nitrogens with zero attached hydrogens (tertiary/aromatic N) is 1. The van der Waals surface area contributed by atoms with Gasteiger partial charge in [-0.25, -0.2) is 10.3 Å². The van der Waals surface area contributed by atoms with Crippen LogP contribution in [0.25, 0.3) is 11.1 Å². The highest BCUT2D eigenvalue weighted by Gasteiger charge is 2.53. The summed E-state index contributed by atoms with van der Waals surface area (Å²) >= 11 is 14.3. The highest BCUT2D eigenvalue weighted by molar-refractivity contribution is 6.32. The van der Waals surface area contributed by atoms with E-state index in [1.54, 1.807) is 25.7 Å². The summed E-state index contributed by atoms with van der Waals surface area (Å²) in [6, 6.07) is 3.26. The molecule has 6 aromatic carbocycles. The minimum absolute atomic E-state index is 0.0472. The van der Waals surface area contributed by atoms with Crippen LogP contribution in [0.3, 0.4) is 0 Å². The Morgan fingerprint density at radius 2 is 1.34 bits per heavy atom. The van der Waals surface area contributed by atoms with E-state index in [1.165, 1.54) is 43.7 Å². The number of anilines is 1. The van der Waals surface area contributed by atoms with Crippen LogP contribution in [0.2, 0.25) is 10.0 Å². The molecule has 3 fully saturated rings. The number of ether oxygens (including phenoxy) is 7. The molecule has 8 aliphatic rings. The first kappa shape index (κ1) is 92.0. The lowest BCUT2D eigenvalue weighted by Gasteiger charge is -2.48. The number of benzene rings is 6. The number of piperidine rings is 1. The van der Waals surface area contributed by atoms with E-state index in [4.69, 9.17) is 57.4 Å². The van der Waals surface area contributed by atoms with E-state index in [2.05, 4.69) is 52.6 Å². The van der Waals surface area contributed by atoms with Crippen LogP contribution in [0.15, 0.2) is 103 Å². The standard InChI is InChI=1S/C81H93Cl2F3N12O26/c1-33(2)22-47(88-5)71(109)95-62-64(104)37-7-14-51(45(82)24-37)119-53-26-39-27-54(68(53)123-78-69(67(107)66(106)55(32-99)121-78)122-57-31-80(4,70(108)34(3)118-57)89-19-16-35-17-20-98(21-18-35)79(116)90-40-9-11-42(12-10-40)124-81(84,85)86)120-52-15-8-38(25-46(52)83)65(105)63-76(114)94-61(77(115)97-117)44-28-41(100)29-50(102)58(44)43-23-36(6-13-49(43)101)59(73(111)96-63)93-74(112)60(39)92-72(110)48(30-56(87)103)91-75(62)113/h6-15,23-29,33-35,47-48,55,57,59-67,69-70,78,88-89,99-102,104-108,117H,16-22,30-32H2,1-5H3,(H2,87,103)(H,90,116)(H,91,113)(H,92,110)(H,93,112)(H,94,114)(H,95,109)(H,96,111)(H,97,115)/t34-,47+,48-,55+,57-,59+,60+,61+,62+,63-,64+,65+,66+,67-,69+,70+,78?,80+/m0/s1. The van der Waals surface area contributed by atoms with Crippen molar-refractivity contribution in [3.05, 3.63) is 141 Å². The summed E-state index contributed by atoms with van der Waals surface area (Å²) in [5.41, 5.74) is 3.19. The van der Waals surface area contributed by atoms with E-state index in [9.17, 15) is 88.3 Å². The molecule has 124 heavy (non-hydrogen) atoms. The second-order valence-electron chi connectivity index (χ2n) is 31.4. The van der Waals surface area contributed by atoms with Crippen LogP contribution in [-0.4, -0.2) is 228 Å². The second-order valence-corrected chi connectivity index (χ2v) is 32.2. The van der Waals surface area contributed by atoms with Gasteiger partial charge in [0.1, 0.15) is 101 Å². The minimum Gasteiger partial charge on any atom is -0.508 e. The van der Waals surface area contributed by atoms with Crippen molar-refractivity contribution in [1.82, 2.24) is 52.9 Å². The molecule has 0 saturated carbocycles. The molecule has 10 amide bonds. The molecule has 3 saturated heterocycles. The monoisotopic (exact) mass is 1780 g/mol. The number of alkyl halides is 3. The third kappa shape index (κ3) is 20.9. The van der Waals surface area contributed by atoms with Gasteiger partial charge in [0.05, 0.1) is 41.3 Å². The molecule has 43 heteroatoms. The molecule has 0 spiro atoms. The average molecular weight is 1780 g/mol. The van der Waals surface area contributed by atoms with Crippen LogP contribution in [0.1, 0.15) is 124 Å². The Morgan fingerprint density at radius 3 is 1.94 bits per heavy atom. The van der Waals surface area contributed by atoms with Gasteiger partial charge in [0, 0.05) is 47.9 Å². The molecule has 8 heterocycles. The SMILES string of the molecule is CN[C@H](CC(C)C)C(=O)N[C@H]1C(=O)N[C@@H](CC(N)=O)C(=O)N[C@H]2C(=O)N[C@H]3C(=O)N[C@H](C(=O)N[C@@H](C(=O)NO)c4cc(O)cc(O)c4-c4cc3ccc4O)[C@H](O)c3ccc(c(Cl)c3)Oc3cc2cc(c3OC2O[C@H](CO)[C@@H](O)[C@H](O)[C@H]2O[C@H]2C[C@@](C)(NCCC3CCN(C(=O)Nc4ccc(OC(F)(F)F)cc4)CC3)[C@H](O)[C@H](C)O2)Oc2ccc(cc2Cl)[C@H]1O. The van der Waals surface area contributed by atoms with Crippen LogP contribution in [0, 0.1) is 11.8 Å². The van der Waals surface area contributed by atoms with E-state index >= 15 is 19.2 Å². The maximum absolute atomic E-state index is 16.3. The number of fused-ring (bicyclic) bond motifs is 15. The lowest BCUT2D eigenvalue weighted by molar-refractivity contribution is -0.334. The van der Waals surface area contributed by atoms with Gasteiger partial charge in [-0.3, -0.25) is 43.6 Å². The Balaban J connectivity index is 0.968. The molecule has 0 aromatic heterocycles. The number of primary amides is 1. The molecule has 0 aliphatic carbocycles. The third-order valence-corrected chi connectivity index (χ3v) is 22.8. The van der Waals surface area contributed by atoms with Gasteiger partial charge in [0.15, 0.2) is 23.9 Å². The molecular formula is C81H93Cl2F3N12O26. The maximum atomic E-state index is 16.3. The summed E-state index contributed by atoms with van der Waals surface area (Å²) in [6.07, 6.45) is -22.5. The molecule has 0 radical (unpaired) electrons. The number of likely N-dealkylation sites (N-methyl/N-ethyl adjacent to an activating group) is 1. The number of likely N-dealkylation sites (tertiary alicyclic amines) is 1. The second kappa shape index (κ2) is 38.5. The highest BCUT2D eigenvalue weighted by Crippen LogP contribution is 2.50. The van der Waals surface area contributed by atoms with E-state index < -0.39 is 260 Å². The van der Waals surface area contributed by atoms with Crippen molar-refractivity contribution in [2.45, 2.75) is 182 Å². The van der Waals surface area contributed by atoms with Crippen molar-refractivity contribution in [3.8, 4) is 62.9 Å². The van der Waals surface area contributed by atoms with E-state index in [-0.39, 0.29) is 59.3 Å². The number of halogens is 5. The van der Waals surface area contributed by atoms with Crippen LogP contribution in [0.5, 0.6) is 51.7 Å². The van der Waals surface area contributed by atoms with Crippen molar-refractivity contribution in [3.63, 3.8) is 0 Å². The fourth-order valence-corrected chi connectivity index (χ4v) is 16.1. The number of carbonyl (C=O) groups excluding carboxylic acids is 9. The van der Waals surface area contributed by atoms with Gasteiger partial charge in [-0.1, -0.05) is 55.2 Å². The number of nitrogens with one attached hydrogen (secondary N) is 10. The largest absolute Gasteiger partial charge is 0.573 e. The zero-order valence-electron chi connectivity index (χ0n) is 66.8. The zero-order valence-corrected chi connectivity index (χ0v) is 68.3. The number of phenolic OH excluding ortho intramolecular Hbond substituents is 3. The van der Waals surface area contributed by atoms with Crippen LogP contribution < -0.4 is 78.0 Å². The first-order valence-corrected chi connectivity index (χ1v) is 40.0. The fraction of sp³-hybridized carbons (Fsp3) is 0.444. The van der Waals surface area contributed by atoms with Crippen LogP contribution in [0.4, 0.5) is 23.7 Å². The number of rotatable bonds is 19. The number of carbonyl (C=O) groups is 9. The van der Waals surface area contributed by atoms with Gasteiger partial charge in [-0.2, -0.15) is 0 Å². The molecule has 11 bridgehead atoms. The van der Waals surface area contributed by atoms with Gasteiger partial charge < -0.3 is 138 Å². The lowest BCUT2D eigenvalue weighted by Crippen LogP contribution is -2.65. The number of hydrogen-bond acceptors (Lipinski definition) is 28. The third-order valence-electron chi connectivity index (χ3n) is 22.2. The average Bonchev–Trinajstić information content (AvgIpc) is 0.761. The van der Waals surface area contributed by atoms with Gasteiger partial charge in [0.25, 0.3) is 5.91 Å². The number of aliphatic hydroxyl groups excluding tert-OH is 6. The Bertz CT molecular complexity index is 5020. The normalized spacial score (nSPS) is 27.1. The smallest absolute Gasteiger partial charge is 0.508 e. The van der Waals surface area contributed by atoms with Crippen LogP contribution >= 0.6 is 23.2 Å². The molecule has 668 valence electrons. The summed E-state index contributed by atoms with van der Waals surface area (Å²) in [5, 5.41) is 139. The number of nitrogens with two attached hydrogens (primary N) is 1. The quantitative estimate of drug-likeness (QED) is 0.0408. The fourth-order valence-electron chi connectivity index (χ4n) is 15.6. The van der Waals surface area contributed by atoms with E-state index in [0.717, 1.165) is 78.9 Å². The number of aromatic hydroxyl groups is 3. The molecule has 6 aromatic rings. The summed E-state index contributed by atoms with van der Waals surface area (Å²) in [6.45, 7) is 6.72. The minimum atomic E-state index is -4.91. The first-order chi connectivity index (χ1) is 58.7. The molecule has 22 N–H and O–H groups in total. The highest BCUT2D eigenvalue weighted by atomic mass is 35.5. The number of phenols is 3. The van der Waals surface area contributed by atoms with Crippen molar-refractivity contribution in [2.24, 2.45) is 17.6 Å². The number of hydroxylamine groups is 1. The molecule has 14 rings (SSSR count). The Hall–Kier alpha value is -11.2. The van der Waals surface area contributed by atoms with Crippen LogP contribution in [-0.2, 0) is 52.6 Å². The Kier molecular flexibility index (Phi) is 28.6. The Morgan fingerprint density at radius 1 is 0.718 bits per heavy atom. The topological polar surface area (TPSA) is 570 Å². The summed E-state index contributed by atoms with van der Waals surface area (Å²) in [7, 11) is 1.46. The molecule has 38 nitrogen and oxygen atoms in total. The van der Waals surface area contributed by atoms with E-state index in [0.29, 0.717) is 32.4 Å². The zero-order chi connectivity index (χ0) is 89.8. The number of hydrogen-bond donors (Lipinski definition) is 21. The summed E-state index contributed by atoms with van der Waals surface area (Å²) in [4.78, 5) is 134. The predicted octanol–water partition coefficient (Wildman–Crippen LogP) is 3.39. The number of amides is 10. The van der Waals surface area contributed by atoms with Crippen molar-refractivity contribution >= 4 is 82.2 Å². The molecule has 8 aliphatic heterocycles. The van der Waals surface area contributed by atoms with Crippen molar-refractivity contribution in [1.29, 1.82) is 0 Å². The number of aliphatic hydroxyl groups is 6. The van der Waals surface area contributed by atoms with Gasteiger partial charge in [0.2, 0.25) is 53.4 Å². The lowest BCUT2D eigenvalue weighted by atomic mass is 9.84. The first-order valence-electron chi connectivity index (χ1n) is 39.3. The summed E-state index contributed by atoms with van der Waals surface area (Å²) < 4.78 is 81.7. The predicted molar refractivity (Wildman–Crippen MR) is 426 cm³/mol. The van der Waals surface area contributed by atoms with Crippen molar-refractivity contribution < 1.29 is 141 Å². The Labute approximate surface area is 714 Å². The molecule has 18 atom stereocenters. The van der Waals surface area contributed by atoms with Gasteiger partial charge >= 0.3 is 12.4 Å². The molecule has 1 unspecified atom stereocenters. The number of urea groups is 1. The van der Waals surface area contributed by atoms with E-state index in [1.807, 2.05) is 0 Å². The van der Waals surface area contributed by atoms with Crippen molar-refractivity contribution in [2.75, 3.05) is 38.6 Å². The van der Waals surface area contributed by atoms with Gasteiger partial charge in [-0.05, 0) is 172 Å². The summed E-state index contributed by atoms with van der Waals surface area (Å²) in [5.74, 6) is -16.4.